The zero-order chi connectivity index (χ0) is 13.5. The molecule has 0 spiro atoms. The van der Waals surface area contributed by atoms with Crippen LogP contribution in [0.2, 0.25) is 0 Å². The normalized spacial score (nSPS) is 16.2. The molecule has 0 fully saturated rings. The molecule has 19 heavy (non-hydrogen) atoms. The summed E-state index contributed by atoms with van der Waals surface area (Å²) < 4.78 is 0. The smallest absolute Gasteiger partial charge is 0.277 e. The first-order valence-corrected chi connectivity index (χ1v) is 6.43. The molecule has 1 aromatic carbocycles. The topological polar surface area (TPSA) is 33.2 Å². The lowest BCUT2D eigenvalue weighted by atomic mass is 9.99. The summed E-state index contributed by atoms with van der Waals surface area (Å²) in [5.74, 6) is -0.0319. The van der Waals surface area contributed by atoms with Gasteiger partial charge in [-0.1, -0.05) is 24.3 Å². The fourth-order valence-electron chi connectivity index (χ4n) is 2.74. The van der Waals surface area contributed by atoms with Gasteiger partial charge in [-0.2, -0.15) is 0 Å². The zero-order valence-corrected chi connectivity index (χ0v) is 11.1. The molecule has 1 aliphatic rings. The largest absolute Gasteiger partial charge is 0.301 e. The van der Waals surface area contributed by atoms with E-state index in [0.29, 0.717) is 5.69 Å². The average molecular weight is 252 g/mol. The van der Waals surface area contributed by atoms with E-state index in [1.807, 2.05) is 35.2 Å². The monoisotopic (exact) mass is 252 g/mol. The lowest BCUT2D eigenvalue weighted by Gasteiger charge is -2.31. The molecule has 0 bridgehead atoms. The highest BCUT2D eigenvalue weighted by Crippen LogP contribution is 2.39. The van der Waals surface area contributed by atoms with Crippen molar-refractivity contribution in [2.24, 2.45) is 0 Å². The Hall–Kier alpha value is -2.16. The van der Waals surface area contributed by atoms with Gasteiger partial charge in [0, 0.05) is 17.4 Å². The van der Waals surface area contributed by atoms with Crippen molar-refractivity contribution in [3.8, 4) is 0 Å². The molecule has 2 heterocycles. The van der Waals surface area contributed by atoms with Gasteiger partial charge in [0.05, 0.1) is 0 Å². The predicted molar refractivity (Wildman–Crippen MR) is 75.3 cm³/mol. The van der Waals surface area contributed by atoms with Crippen LogP contribution in [-0.2, 0) is 6.42 Å². The van der Waals surface area contributed by atoms with Gasteiger partial charge < -0.3 is 4.90 Å². The number of carbonyl (C=O) groups is 1. The number of rotatable bonds is 1. The van der Waals surface area contributed by atoms with Crippen LogP contribution < -0.4 is 4.90 Å². The maximum absolute atomic E-state index is 12.7. The summed E-state index contributed by atoms with van der Waals surface area (Å²) in [5, 5.41) is 0. The summed E-state index contributed by atoms with van der Waals surface area (Å²) in [7, 11) is 0. The highest BCUT2D eigenvalue weighted by Gasteiger charge is 2.40. The fourth-order valence-corrected chi connectivity index (χ4v) is 2.74. The summed E-state index contributed by atoms with van der Waals surface area (Å²) in [5.41, 5.74) is 2.50. The van der Waals surface area contributed by atoms with Crippen LogP contribution in [0.3, 0.4) is 0 Å². The summed E-state index contributed by atoms with van der Waals surface area (Å²) in [6, 6.07) is 13.5. The molecule has 0 N–H and O–H groups in total. The second-order valence-corrected chi connectivity index (χ2v) is 5.47. The first kappa shape index (κ1) is 11.9. The van der Waals surface area contributed by atoms with Crippen molar-refractivity contribution in [1.82, 2.24) is 4.98 Å². The minimum Gasteiger partial charge on any atom is -0.301 e. The van der Waals surface area contributed by atoms with E-state index >= 15 is 0 Å². The van der Waals surface area contributed by atoms with Crippen molar-refractivity contribution in [2.45, 2.75) is 25.8 Å². The van der Waals surface area contributed by atoms with E-state index in [-0.39, 0.29) is 11.4 Å². The van der Waals surface area contributed by atoms with Crippen LogP contribution >= 0.6 is 0 Å². The van der Waals surface area contributed by atoms with Crippen LogP contribution in [0.25, 0.3) is 0 Å². The van der Waals surface area contributed by atoms with Crippen LogP contribution in [0.1, 0.15) is 29.9 Å². The van der Waals surface area contributed by atoms with Crippen molar-refractivity contribution in [3.63, 3.8) is 0 Å². The Bertz CT molecular complexity index is 620. The Morgan fingerprint density at radius 3 is 2.63 bits per heavy atom. The first-order chi connectivity index (χ1) is 9.09. The SMILES string of the molecule is CC1(C)Cc2ccccc2N1C(=O)c1ccccn1. The third-order valence-corrected chi connectivity index (χ3v) is 3.55. The molecule has 3 nitrogen and oxygen atoms in total. The Morgan fingerprint density at radius 1 is 1.16 bits per heavy atom. The number of benzene rings is 1. The van der Waals surface area contributed by atoms with E-state index in [1.54, 1.807) is 12.3 Å². The molecule has 0 saturated carbocycles. The van der Waals surface area contributed by atoms with E-state index < -0.39 is 0 Å². The fraction of sp³-hybridized carbons (Fsp3) is 0.250. The molecule has 1 amide bonds. The minimum atomic E-state index is -0.210. The van der Waals surface area contributed by atoms with Gasteiger partial charge in [-0.25, -0.2) is 0 Å². The molecule has 96 valence electrons. The first-order valence-electron chi connectivity index (χ1n) is 6.43. The number of para-hydroxylation sites is 1. The number of hydrogen-bond acceptors (Lipinski definition) is 2. The van der Waals surface area contributed by atoms with Gasteiger partial charge in [0.1, 0.15) is 5.69 Å². The average Bonchev–Trinajstić information content (AvgIpc) is 2.68. The van der Waals surface area contributed by atoms with Gasteiger partial charge in [0.25, 0.3) is 5.91 Å². The molecule has 0 aliphatic carbocycles. The molecule has 1 aliphatic heterocycles. The molecular formula is C16H16N2O. The predicted octanol–water partition coefficient (Wildman–Crippen LogP) is 3.06. The van der Waals surface area contributed by atoms with E-state index in [1.165, 1.54) is 5.56 Å². The maximum Gasteiger partial charge on any atom is 0.277 e. The van der Waals surface area contributed by atoms with Crippen LogP contribution in [0.4, 0.5) is 5.69 Å². The van der Waals surface area contributed by atoms with Crippen LogP contribution in [-0.4, -0.2) is 16.4 Å². The van der Waals surface area contributed by atoms with Gasteiger partial charge in [0.2, 0.25) is 0 Å². The lowest BCUT2D eigenvalue weighted by molar-refractivity contribution is 0.0962. The van der Waals surface area contributed by atoms with Crippen molar-refractivity contribution in [1.29, 1.82) is 0 Å². The summed E-state index contributed by atoms with van der Waals surface area (Å²) in [4.78, 5) is 18.7. The second-order valence-electron chi connectivity index (χ2n) is 5.47. The molecule has 1 aromatic heterocycles. The third kappa shape index (κ3) is 1.91. The van der Waals surface area contributed by atoms with Crippen molar-refractivity contribution in [3.05, 3.63) is 59.9 Å². The van der Waals surface area contributed by atoms with E-state index in [2.05, 4.69) is 24.9 Å². The molecule has 2 aromatic rings. The second kappa shape index (κ2) is 4.19. The highest BCUT2D eigenvalue weighted by molar-refractivity contribution is 6.07. The van der Waals surface area contributed by atoms with Gasteiger partial charge in [0.15, 0.2) is 0 Å². The maximum atomic E-state index is 12.7. The molecule has 3 heteroatoms. The van der Waals surface area contributed by atoms with Gasteiger partial charge >= 0.3 is 0 Å². The summed E-state index contributed by atoms with van der Waals surface area (Å²) in [6.45, 7) is 4.18. The zero-order valence-electron chi connectivity index (χ0n) is 11.1. The van der Waals surface area contributed by atoms with Gasteiger partial charge in [-0.15, -0.1) is 0 Å². The van der Waals surface area contributed by atoms with Crippen molar-refractivity contribution < 1.29 is 4.79 Å². The van der Waals surface area contributed by atoms with Crippen LogP contribution in [0.15, 0.2) is 48.7 Å². The molecule has 0 saturated heterocycles. The Morgan fingerprint density at radius 2 is 1.89 bits per heavy atom. The van der Waals surface area contributed by atoms with Crippen LogP contribution in [0, 0.1) is 0 Å². The van der Waals surface area contributed by atoms with Gasteiger partial charge in [-0.05, 0) is 44.0 Å². The number of hydrogen-bond donors (Lipinski definition) is 0. The molecule has 3 rings (SSSR count). The lowest BCUT2D eigenvalue weighted by Crippen LogP contribution is -2.45. The number of pyridine rings is 1. The molecular weight excluding hydrogens is 236 g/mol. The Balaban J connectivity index is 2.06. The summed E-state index contributed by atoms with van der Waals surface area (Å²) in [6.07, 6.45) is 2.53. The molecule has 0 radical (unpaired) electrons. The molecule has 0 unspecified atom stereocenters. The Kier molecular flexibility index (Phi) is 2.63. The quantitative estimate of drug-likeness (QED) is 0.781. The third-order valence-electron chi connectivity index (χ3n) is 3.55. The highest BCUT2D eigenvalue weighted by atomic mass is 16.2. The molecule has 0 atom stereocenters. The van der Waals surface area contributed by atoms with Crippen molar-refractivity contribution in [2.75, 3.05) is 4.90 Å². The minimum absolute atomic E-state index is 0.0319. The number of nitrogens with zero attached hydrogens (tertiary/aromatic N) is 2. The number of aromatic nitrogens is 1. The van der Waals surface area contributed by atoms with Crippen molar-refractivity contribution >= 4 is 11.6 Å². The van der Waals surface area contributed by atoms with E-state index in [0.717, 1.165) is 12.1 Å². The van der Waals surface area contributed by atoms with E-state index in [9.17, 15) is 4.79 Å². The van der Waals surface area contributed by atoms with Crippen LogP contribution in [0.5, 0.6) is 0 Å². The number of amides is 1. The number of carbonyl (C=O) groups excluding carboxylic acids is 1. The summed E-state index contributed by atoms with van der Waals surface area (Å²) >= 11 is 0. The number of anilines is 1. The number of fused-ring (bicyclic) bond motifs is 1. The van der Waals surface area contributed by atoms with E-state index in [4.69, 9.17) is 0 Å². The standard InChI is InChI=1S/C16H16N2O/c1-16(2)11-12-7-3-4-9-14(12)18(16)15(19)13-8-5-6-10-17-13/h3-10H,11H2,1-2H3. The van der Waals surface area contributed by atoms with Gasteiger partial charge in [-0.3, -0.25) is 9.78 Å². The Labute approximate surface area is 112 Å².